The van der Waals surface area contributed by atoms with Crippen molar-refractivity contribution < 1.29 is 0 Å². The van der Waals surface area contributed by atoms with Crippen LogP contribution in [0.2, 0.25) is 0 Å². The molecule has 0 aromatic carbocycles. The normalized spacial score (nSPS) is 30.5. The molecule has 2 aliphatic rings. The Morgan fingerprint density at radius 2 is 2.27 bits per heavy atom. The molecule has 1 fully saturated rings. The SMILES string of the molecule is CC1CCc2nnc(C3CCSC3)n2C1. The van der Waals surface area contributed by atoms with E-state index in [1.165, 1.54) is 36.0 Å². The van der Waals surface area contributed by atoms with Gasteiger partial charge in [0.15, 0.2) is 0 Å². The summed E-state index contributed by atoms with van der Waals surface area (Å²) in [6.07, 6.45) is 3.68. The fourth-order valence-corrected chi connectivity index (χ4v) is 3.77. The van der Waals surface area contributed by atoms with Crippen LogP contribution in [0.25, 0.3) is 0 Å². The van der Waals surface area contributed by atoms with Crippen molar-refractivity contribution in [3.8, 4) is 0 Å². The van der Waals surface area contributed by atoms with Gasteiger partial charge in [-0.25, -0.2) is 0 Å². The van der Waals surface area contributed by atoms with Gasteiger partial charge in [-0.3, -0.25) is 0 Å². The summed E-state index contributed by atoms with van der Waals surface area (Å²) in [6.45, 7) is 3.47. The Hall–Kier alpha value is -0.510. The van der Waals surface area contributed by atoms with E-state index in [-0.39, 0.29) is 0 Å². The third kappa shape index (κ3) is 1.69. The summed E-state index contributed by atoms with van der Waals surface area (Å²) in [7, 11) is 0. The molecule has 1 saturated heterocycles. The average Bonchev–Trinajstić information content (AvgIpc) is 2.83. The van der Waals surface area contributed by atoms with Crippen molar-refractivity contribution in [1.29, 1.82) is 0 Å². The summed E-state index contributed by atoms with van der Waals surface area (Å²) in [4.78, 5) is 0. The van der Waals surface area contributed by atoms with E-state index in [0.717, 1.165) is 18.9 Å². The molecule has 3 nitrogen and oxygen atoms in total. The van der Waals surface area contributed by atoms with Crippen molar-refractivity contribution in [3.05, 3.63) is 11.6 Å². The maximum atomic E-state index is 4.41. The second kappa shape index (κ2) is 3.81. The molecule has 2 atom stereocenters. The molecule has 0 bridgehead atoms. The summed E-state index contributed by atoms with van der Waals surface area (Å²) in [5.74, 6) is 6.49. The van der Waals surface area contributed by atoms with Gasteiger partial charge in [-0.05, 0) is 24.5 Å². The minimum atomic E-state index is 0.668. The minimum absolute atomic E-state index is 0.668. The topological polar surface area (TPSA) is 30.7 Å². The van der Waals surface area contributed by atoms with Crippen LogP contribution in [0.15, 0.2) is 0 Å². The number of nitrogens with zero attached hydrogens (tertiary/aromatic N) is 3. The first-order valence-electron chi connectivity index (χ1n) is 5.84. The second-order valence-corrected chi connectivity index (χ2v) is 5.94. The Bertz CT molecular complexity index is 355. The number of fused-ring (bicyclic) bond motifs is 1. The Morgan fingerprint density at radius 3 is 3.07 bits per heavy atom. The molecule has 2 unspecified atom stereocenters. The highest BCUT2D eigenvalue weighted by atomic mass is 32.2. The van der Waals surface area contributed by atoms with Gasteiger partial charge in [-0.15, -0.1) is 10.2 Å². The van der Waals surface area contributed by atoms with E-state index in [2.05, 4.69) is 33.5 Å². The predicted molar refractivity (Wildman–Crippen MR) is 62.2 cm³/mol. The molecule has 0 radical (unpaired) electrons. The van der Waals surface area contributed by atoms with Crippen LogP contribution in [-0.4, -0.2) is 26.3 Å². The summed E-state index contributed by atoms with van der Waals surface area (Å²) in [6, 6.07) is 0. The highest BCUT2D eigenvalue weighted by Crippen LogP contribution is 2.33. The van der Waals surface area contributed by atoms with Gasteiger partial charge in [0.1, 0.15) is 11.6 Å². The van der Waals surface area contributed by atoms with Crippen LogP contribution in [0.3, 0.4) is 0 Å². The van der Waals surface area contributed by atoms with Crippen LogP contribution in [0.1, 0.15) is 37.3 Å². The van der Waals surface area contributed by atoms with Crippen molar-refractivity contribution in [3.63, 3.8) is 0 Å². The number of aryl methyl sites for hydroxylation is 1. The lowest BCUT2D eigenvalue weighted by Crippen LogP contribution is -2.21. The third-order valence-corrected chi connectivity index (χ3v) is 4.67. The molecular weight excluding hydrogens is 206 g/mol. The van der Waals surface area contributed by atoms with Crippen LogP contribution >= 0.6 is 11.8 Å². The lowest BCUT2D eigenvalue weighted by molar-refractivity contribution is 0.382. The number of rotatable bonds is 1. The quantitative estimate of drug-likeness (QED) is 0.730. The Labute approximate surface area is 94.7 Å². The van der Waals surface area contributed by atoms with Crippen molar-refractivity contribution in [2.24, 2.45) is 5.92 Å². The monoisotopic (exact) mass is 223 g/mol. The Balaban J connectivity index is 1.92. The number of hydrogen-bond donors (Lipinski definition) is 0. The fraction of sp³-hybridized carbons (Fsp3) is 0.818. The van der Waals surface area contributed by atoms with Crippen LogP contribution < -0.4 is 0 Å². The Morgan fingerprint density at radius 1 is 1.33 bits per heavy atom. The maximum absolute atomic E-state index is 4.41. The average molecular weight is 223 g/mol. The van der Waals surface area contributed by atoms with Crippen LogP contribution in [0, 0.1) is 5.92 Å². The number of thioether (sulfide) groups is 1. The molecule has 4 heteroatoms. The molecule has 15 heavy (non-hydrogen) atoms. The summed E-state index contributed by atoms with van der Waals surface area (Å²) in [5, 5.41) is 8.75. The van der Waals surface area contributed by atoms with E-state index >= 15 is 0 Å². The van der Waals surface area contributed by atoms with Crippen molar-refractivity contribution in [2.45, 2.75) is 38.6 Å². The first-order chi connectivity index (χ1) is 7.34. The van der Waals surface area contributed by atoms with Gasteiger partial charge in [0, 0.05) is 24.6 Å². The standard InChI is InChI=1S/C11H17N3S/c1-8-2-3-10-12-13-11(14(10)6-8)9-4-5-15-7-9/h8-9H,2-7H2,1H3. The molecule has 0 saturated carbocycles. The van der Waals surface area contributed by atoms with Crippen LogP contribution in [-0.2, 0) is 13.0 Å². The van der Waals surface area contributed by atoms with E-state index in [9.17, 15) is 0 Å². The van der Waals surface area contributed by atoms with E-state index in [4.69, 9.17) is 0 Å². The molecule has 82 valence electrons. The third-order valence-electron chi connectivity index (χ3n) is 3.51. The largest absolute Gasteiger partial charge is 0.314 e. The van der Waals surface area contributed by atoms with Crippen LogP contribution in [0.4, 0.5) is 0 Å². The fourth-order valence-electron chi connectivity index (χ4n) is 2.55. The predicted octanol–water partition coefficient (Wildman–Crippen LogP) is 2.08. The zero-order chi connectivity index (χ0) is 10.3. The van der Waals surface area contributed by atoms with Gasteiger partial charge in [0.05, 0.1) is 0 Å². The molecule has 2 aliphatic heterocycles. The summed E-state index contributed by atoms with van der Waals surface area (Å²) in [5.41, 5.74) is 0. The van der Waals surface area contributed by atoms with Crippen LogP contribution in [0.5, 0.6) is 0 Å². The van der Waals surface area contributed by atoms with Gasteiger partial charge >= 0.3 is 0 Å². The second-order valence-electron chi connectivity index (χ2n) is 4.79. The molecule has 1 aromatic heterocycles. The molecule has 1 aromatic rings. The van der Waals surface area contributed by atoms with Gasteiger partial charge in [0.2, 0.25) is 0 Å². The van der Waals surface area contributed by atoms with E-state index in [0.29, 0.717) is 5.92 Å². The van der Waals surface area contributed by atoms with Gasteiger partial charge in [-0.2, -0.15) is 11.8 Å². The Kier molecular flexibility index (Phi) is 2.47. The molecular formula is C11H17N3S. The van der Waals surface area contributed by atoms with Crippen molar-refractivity contribution in [1.82, 2.24) is 14.8 Å². The summed E-state index contributed by atoms with van der Waals surface area (Å²) >= 11 is 2.05. The van der Waals surface area contributed by atoms with E-state index < -0.39 is 0 Å². The van der Waals surface area contributed by atoms with Gasteiger partial charge in [0.25, 0.3) is 0 Å². The van der Waals surface area contributed by atoms with E-state index in [1.54, 1.807) is 0 Å². The number of hydrogen-bond acceptors (Lipinski definition) is 3. The zero-order valence-corrected chi connectivity index (χ0v) is 9.96. The maximum Gasteiger partial charge on any atom is 0.136 e. The van der Waals surface area contributed by atoms with Gasteiger partial charge in [-0.1, -0.05) is 6.92 Å². The van der Waals surface area contributed by atoms with E-state index in [1.807, 2.05) is 0 Å². The molecule has 0 spiro atoms. The zero-order valence-electron chi connectivity index (χ0n) is 9.15. The van der Waals surface area contributed by atoms with Gasteiger partial charge < -0.3 is 4.57 Å². The smallest absolute Gasteiger partial charge is 0.136 e. The molecule has 0 aliphatic carbocycles. The van der Waals surface area contributed by atoms with Crippen molar-refractivity contribution in [2.75, 3.05) is 11.5 Å². The molecule has 0 N–H and O–H groups in total. The molecule has 3 rings (SSSR count). The minimum Gasteiger partial charge on any atom is -0.314 e. The first kappa shape index (κ1) is 9.70. The number of aromatic nitrogens is 3. The molecule has 3 heterocycles. The highest BCUT2D eigenvalue weighted by Gasteiger charge is 2.27. The first-order valence-corrected chi connectivity index (χ1v) is 7.00. The lowest BCUT2D eigenvalue weighted by Gasteiger charge is -2.22. The summed E-state index contributed by atoms with van der Waals surface area (Å²) < 4.78 is 2.39. The molecule has 0 amide bonds. The van der Waals surface area contributed by atoms with Crippen molar-refractivity contribution >= 4 is 11.8 Å². The highest BCUT2D eigenvalue weighted by molar-refractivity contribution is 7.99. The lowest BCUT2D eigenvalue weighted by atomic mass is 10.0.